The van der Waals surface area contributed by atoms with Crippen LogP contribution in [-0.4, -0.2) is 5.12 Å². The fourth-order valence-electron chi connectivity index (χ4n) is 1.32. The molecule has 0 saturated heterocycles. The molecule has 1 nitrogen and oxygen atoms in total. The van der Waals surface area contributed by atoms with E-state index in [-0.39, 0.29) is 5.12 Å². The number of carbonyl (C=O) groups excluding carboxylic acids is 1. The fourth-order valence-corrected chi connectivity index (χ4v) is 1.46. The van der Waals surface area contributed by atoms with Crippen LogP contribution in [0.5, 0.6) is 0 Å². The zero-order valence-corrected chi connectivity index (χ0v) is 6.95. The molecule has 0 spiro atoms. The molecule has 2 heteroatoms. The van der Waals surface area contributed by atoms with Crippen molar-refractivity contribution < 1.29 is 4.79 Å². The first-order valence-corrected chi connectivity index (χ1v) is 4.39. The first-order chi connectivity index (χ1) is 4.79. The largest absolute Gasteiger partial charge is 0.282 e. The molecule has 1 saturated carbocycles. The van der Waals surface area contributed by atoms with Gasteiger partial charge in [-0.25, -0.2) is 0 Å². The summed E-state index contributed by atoms with van der Waals surface area (Å²) >= 11 is 4.45. The Morgan fingerprint density at radius 1 is 1.50 bits per heavy atom. The summed E-state index contributed by atoms with van der Waals surface area (Å²) in [4.78, 5) is 10.3. The van der Waals surface area contributed by atoms with Gasteiger partial charge in [0, 0.05) is 6.42 Å². The molecular weight excluding hydrogens is 144 g/mol. The fraction of sp³-hybridized carbons (Fsp3) is 0.875. The maximum absolute atomic E-state index is 10.3. The van der Waals surface area contributed by atoms with Crippen molar-refractivity contribution in [2.45, 2.75) is 38.5 Å². The molecule has 0 aromatic carbocycles. The third kappa shape index (κ3) is 2.65. The molecule has 57 valence electrons. The molecule has 0 unspecified atom stereocenters. The molecule has 1 radical (unpaired) electrons. The van der Waals surface area contributed by atoms with Gasteiger partial charge in [0.25, 0.3) is 0 Å². The lowest BCUT2D eigenvalue weighted by molar-refractivity contribution is -0.110. The summed E-state index contributed by atoms with van der Waals surface area (Å²) in [5.41, 5.74) is 0. The van der Waals surface area contributed by atoms with Crippen LogP contribution in [0.1, 0.15) is 38.5 Å². The second-order valence-corrected chi connectivity index (χ2v) is 3.52. The number of hydrogen-bond donors (Lipinski definition) is 0. The molecule has 1 fully saturated rings. The van der Waals surface area contributed by atoms with Gasteiger partial charge in [-0.05, 0) is 31.4 Å². The van der Waals surface area contributed by atoms with Gasteiger partial charge in [-0.1, -0.05) is 19.3 Å². The lowest BCUT2D eigenvalue weighted by atomic mass is 9.82. The molecule has 0 aliphatic heterocycles. The summed E-state index contributed by atoms with van der Waals surface area (Å²) < 4.78 is 0. The van der Waals surface area contributed by atoms with E-state index in [2.05, 4.69) is 12.6 Å². The van der Waals surface area contributed by atoms with E-state index < -0.39 is 0 Å². The second kappa shape index (κ2) is 3.91. The van der Waals surface area contributed by atoms with Crippen LogP contribution in [0.15, 0.2) is 0 Å². The number of rotatable bonds is 4. The predicted molar refractivity (Wildman–Crippen MR) is 43.8 cm³/mol. The molecule has 1 aliphatic carbocycles. The van der Waals surface area contributed by atoms with Crippen LogP contribution in [0, 0.1) is 5.92 Å². The summed E-state index contributed by atoms with van der Waals surface area (Å²) in [6.07, 6.45) is 7.02. The van der Waals surface area contributed by atoms with Gasteiger partial charge < -0.3 is 0 Å². The van der Waals surface area contributed by atoms with Gasteiger partial charge in [0.15, 0.2) is 0 Å². The average molecular weight is 157 g/mol. The monoisotopic (exact) mass is 157 g/mol. The molecule has 0 atom stereocenters. The standard InChI is InChI=1S/C8H13OS/c9-8(10)6-2-5-7-3-1-4-7/h7H,1-6H2. The van der Waals surface area contributed by atoms with Crippen molar-refractivity contribution in [1.29, 1.82) is 0 Å². The zero-order valence-electron chi connectivity index (χ0n) is 6.14. The molecule has 0 bridgehead atoms. The first kappa shape index (κ1) is 7.99. The lowest BCUT2D eigenvalue weighted by Crippen LogP contribution is -2.10. The van der Waals surface area contributed by atoms with E-state index in [0.717, 1.165) is 12.3 Å². The van der Waals surface area contributed by atoms with Crippen LogP contribution in [-0.2, 0) is 4.79 Å². The van der Waals surface area contributed by atoms with Crippen molar-refractivity contribution in [3.63, 3.8) is 0 Å². The molecule has 0 aromatic heterocycles. The van der Waals surface area contributed by atoms with Crippen molar-refractivity contribution in [3.8, 4) is 0 Å². The highest BCUT2D eigenvalue weighted by Gasteiger charge is 2.16. The van der Waals surface area contributed by atoms with Crippen LogP contribution < -0.4 is 0 Å². The van der Waals surface area contributed by atoms with E-state index in [1.165, 1.54) is 25.7 Å². The molecule has 0 amide bonds. The van der Waals surface area contributed by atoms with Crippen molar-refractivity contribution in [1.82, 2.24) is 0 Å². The molecule has 1 rings (SSSR count). The summed E-state index contributed by atoms with van der Waals surface area (Å²) in [5.74, 6) is 0.925. The smallest absolute Gasteiger partial charge is 0.218 e. The summed E-state index contributed by atoms with van der Waals surface area (Å²) in [7, 11) is 0. The Morgan fingerprint density at radius 2 is 2.20 bits per heavy atom. The third-order valence-corrected chi connectivity index (χ3v) is 2.42. The minimum atomic E-state index is -0.0701. The molecule has 10 heavy (non-hydrogen) atoms. The summed E-state index contributed by atoms with van der Waals surface area (Å²) in [5, 5.41) is -0.0701. The molecule has 1 aliphatic rings. The lowest BCUT2D eigenvalue weighted by Gasteiger charge is -2.24. The van der Waals surface area contributed by atoms with Crippen LogP contribution in [0.4, 0.5) is 0 Å². The van der Waals surface area contributed by atoms with E-state index >= 15 is 0 Å². The van der Waals surface area contributed by atoms with Crippen LogP contribution in [0.2, 0.25) is 0 Å². The Kier molecular flexibility index (Phi) is 3.13. The van der Waals surface area contributed by atoms with Gasteiger partial charge in [-0.2, -0.15) is 0 Å². The maximum Gasteiger partial charge on any atom is 0.218 e. The highest BCUT2D eigenvalue weighted by atomic mass is 32.1. The highest BCUT2D eigenvalue weighted by Crippen LogP contribution is 2.30. The van der Waals surface area contributed by atoms with Crippen molar-refractivity contribution >= 4 is 17.7 Å². The van der Waals surface area contributed by atoms with Crippen LogP contribution in [0.3, 0.4) is 0 Å². The van der Waals surface area contributed by atoms with Gasteiger partial charge in [0.2, 0.25) is 5.12 Å². The predicted octanol–water partition coefficient (Wildman–Crippen LogP) is 2.68. The Balaban J connectivity index is 1.89. The zero-order chi connectivity index (χ0) is 7.40. The third-order valence-electron chi connectivity index (χ3n) is 2.22. The topological polar surface area (TPSA) is 17.1 Å². The van der Waals surface area contributed by atoms with Gasteiger partial charge >= 0.3 is 0 Å². The normalized spacial score (nSPS) is 18.4. The first-order valence-electron chi connectivity index (χ1n) is 3.99. The van der Waals surface area contributed by atoms with Crippen molar-refractivity contribution in [2.75, 3.05) is 0 Å². The van der Waals surface area contributed by atoms with Gasteiger partial charge in [0.1, 0.15) is 0 Å². The van der Waals surface area contributed by atoms with Crippen LogP contribution in [0.25, 0.3) is 0 Å². The van der Waals surface area contributed by atoms with Gasteiger partial charge in [-0.15, -0.1) is 0 Å². The Bertz CT molecular complexity index is 118. The van der Waals surface area contributed by atoms with E-state index in [1.54, 1.807) is 0 Å². The van der Waals surface area contributed by atoms with E-state index in [0.29, 0.717) is 6.42 Å². The molecule has 0 aromatic rings. The Labute approximate surface area is 67.6 Å². The quantitative estimate of drug-likeness (QED) is 0.613. The van der Waals surface area contributed by atoms with Crippen molar-refractivity contribution in [3.05, 3.63) is 0 Å². The van der Waals surface area contributed by atoms with E-state index in [4.69, 9.17) is 0 Å². The van der Waals surface area contributed by atoms with E-state index in [9.17, 15) is 4.79 Å². The average Bonchev–Trinajstić information content (AvgIpc) is 1.75. The minimum Gasteiger partial charge on any atom is -0.282 e. The number of hydrogen-bond acceptors (Lipinski definition) is 1. The Morgan fingerprint density at radius 3 is 2.60 bits per heavy atom. The Hall–Kier alpha value is -0.110. The van der Waals surface area contributed by atoms with Gasteiger partial charge in [-0.3, -0.25) is 4.79 Å². The molecule has 0 heterocycles. The highest BCUT2D eigenvalue weighted by molar-refractivity contribution is 7.96. The minimum absolute atomic E-state index is 0.0701. The van der Waals surface area contributed by atoms with Crippen LogP contribution >= 0.6 is 12.6 Å². The summed E-state index contributed by atoms with van der Waals surface area (Å²) in [6.45, 7) is 0. The number of carbonyl (C=O) groups is 1. The van der Waals surface area contributed by atoms with Crippen molar-refractivity contribution in [2.24, 2.45) is 5.92 Å². The maximum atomic E-state index is 10.3. The SMILES string of the molecule is O=C([S])CCCC1CCC1. The second-order valence-electron chi connectivity index (χ2n) is 3.06. The summed E-state index contributed by atoms with van der Waals surface area (Å²) in [6, 6.07) is 0. The molecular formula is C8H13OS. The molecule has 0 N–H and O–H groups in total. The van der Waals surface area contributed by atoms with Gasteiger partial charge in [0.05, 0.1) is 0 Å². The van der Waals surface area contributed by atoms with E-state index in [1.807, 2.05) is 0 Å².